The first-order valence-electron chi connectivity index (χ1n) is 4.89. The van der Waals surface area contributed by atoms with Gasteiger partial charge in [-0.25, -0.2) is 0 Å². The van der Waals surface area contributed by atoms with Gasteiger partial charge < -0.3 is 5.32 Å². The van der Waals surface area contributed by atoms with E-state index in [1.807, 2.05) is 6.92 Å². The lowest BCUT2D eigenvalue weighted by Crippen LogP contribution is -2.46. The highest BCUT2D eigenvalue weighted by Gasteiger charge is 2.34. The normalized spacial score (nSPS) is 33.6. The molecule has 1 N–H and O–H groups in total. The fraction of sp³-hybridized carbons (Fsp3) is 0.800. The molecule has 0 bridgehead atoms. The van der Waals surface area contributed by atoms with Crippen molar-refractivity contribution < 1.29 is 4.79 Å². The zero-order valence-corrected chi connectivity index (χ0v) is 8.21. The van der Waals surface area contributed by atoms with Crippen molar-refractivity contribution in [3.63, 3.8) is 0 Å². The second kappa shape index (κ2) is 4.27. The van der Waals surface area contributed by atoms with Crippen molar-refractivity contribution in [1.82, 2.24) is 5.32 Å². The number of carbonyl (C=O) groups is 1. The third-order valence-corrected chi connectivity index (χ3v) is 2.60. The first kappa shape index (κ1) is 10.0. The second-order valence-electron chi connectivity index (χ2n) is 3.80. The maximum Gasteiger partial charge on any atom is 0.237 e. The van der Waals surface area contributed by atoms with Crippen LogP contribution >= 0.6 is 0 Å². The number of hydrogen-bond acceptors (Lipinski definition) is 2. The number of amides is 1. The van der Waals surface area contributed by atoms with Crippen LogP contribution in [0.2, 0.25) is 0 Å². The van der Waals surface area contributed by atoms with Gasteiger partial charge in [-0.2, -0.15) is 5.26 Å². The lowest BCUT2D eigenvalue weighted by Gasteiger charge is -2.30. The predicted octanol–water partition coefficient (Wildman–Crippen LogP) is 1.45. The van der Waals surface area contributed by atoms with E-state index in [2.05, 4.69) is 18.3 Å². The molecule has 0 radical (unpaired) electrons. The van der Waals surface area contributed by atoms with Crippen LogP contribution in [0.1, 0.15) is 33.1 Å². The molecule has 0 aromatic carbocycles. The van der Waals surface area contributed by atoms with Crippen LogP contribution in [-0.2, 0) is 4.79 Å². The molecule has 13 heavy (non-hydrogen) atoms. The molecule has 1 fully saturated rings. The topological polar surface area (TPSA) is 52.9 Å². The summed E-state index contributed by atoms with van der Waals surface area (Å²) in [5, 5.41) is 11.6. The average molecular weight is 180 g/mol. The van der Waals surface area contributed by atoms with Gasteiger partial charge in [0.25, 0.3) is 0 Å². The Balaban J connectivity index is 2.67. The van der Waals surface area contributed by atoms with Crippen molar-refractivity contribution >= 4 is 5.91 Å². The summed E-state index contributed by atoms with van der Waals surface area (Å²) in [7, 11) is 0. The number of piperidine rings is 1. The monoisotopic (exact) mass is 180 g/mol. The van der Waals surface area contributed by atoms with Crippen LogP contribution in [0.25, 0.3) is 0 Å². The molecule has 1 rings (SSSR count). The van der Waals surface area contributed by atoms with Crippen LogP contribution in [0.3, 0.4) is 0 Å². The van der Waals surface area contributed by atoms with Gasteiger partial charge in [0.05, 0.1) is 6.07 Å². The first-order valence-corrected chi connectivity index (χ1v) is 4.89. The van der Waals surface area contributed by atoms with Crippen LogP contribution in [0.15, 0.2) is 0 Å². The summed E-state index contributed by atoms with van der Waals surface area (Å²) in [4.78, 5) is 11.4. The Bertz CT molecular complexity index is 232. The Morgan fingerprint density at radius 1 is 1.69 bits per heavy atom. The van der Waals surface area contributed by atoms with Gasteiger partial charge in [0.1, 0.15) is 5.92 Å². The van der Waals surface area contributed by atoms with Gasteiger partial charge in [0.15, 0.2) is 0 Å². The summed E-state index contributed by atoms with van der Waals surface area (Å²) in [6.07, 6.45) is 2.97. The Kier molecular flexibility index (Phi) is 3.30. The van der Waals surface area contributed by atoms with Crippen LogP contribution in [0, 0.1) is 23.2 Å². The van der Waals surface area contributed by atoms with Crippen molar-refractivity contribution in [3.8, 4) is 6.07 Å². The number of rotatable bonds is 2. The maximum absolute atomic E-state index is 11.4. The van der Waals surface area contributed by atoms with Crippen molar-refractivity contribution in [3.05, 3.63) is 0 Å². The molecule has 3 nitrogen and oxygen atoms in total. The van der Waals surface area contributed by atoms with Crippen molar-refractivity contribution in [1.29, 1.82) is 5.26 Å². The Morgan fingerprint density at radius 3 is 2.92 bits per heavy atom. The summed E-state index contributed by atoms with van der Waals surface area (Å²) >= 11 is 0. The van der Waals surface area contributed by atoms with Gasteiger partial charge in [-0.05, 0) is 25.7 Å². The SMILES string of the molecule is CCCC1CC(C)NC(=O)C1C#N. The summed E-state index contributed by atoms with van der Waals surface area (Å²) in [5.41, 5.74) is 0. The van der Waals surface area contributed by atoms with E-state index in [1.54, 1.807) is 0 Å². The highest BCUT2D eigenvalue weighted by Crippen LogP contribution is 2.26. The van der Waals surface area contributed by atoms with E-state index in [-0.39, 0.29) is 17.9 Å². The van der Waals surface area contributed by atoms with Crippen LogP contribution in [-0.4, -0.2) is 11.9 Å². The molecule has 0 aromatic heterocycles. The van der Waals surface area contributed by atoms with E-state index >= 15 is 0 Å². The molecule has 0 saturated carbocycles. The molecule has 1 amide bonds. The Morgan fingerprint density at radius 2 is 2.38 bits per heavy atom. The van der Waals surface area contributed by atoms with Gasteiger partial charge in [0, 0.05) is 6.04 Å². The van der Waals surface area contributed by atoms with E-state index in [0.29, 0.717) is 0 Å². The number of carbonyl (C=O) groups excluding carboxylic acids is 1. The standard InChI is InChI=1S/C10H16N2O/c1-3-4-8-5-7(2)12-10(13)9(8)6-11/h7-9H,3-5H2,1-2H3,(H,12,13). The fourth-order valence-electron chi connectivity index (χ4n) is 2.02. The van der Waals surface area contributed by atoms with E-state index < -0.39 is 5.92 Å². The zero-order chi connectivity index (χ0) is 9.84. The molecule has 1 heterocycles. The van der Waals surface area contributed by atoms with Crippen molar-refractivity contribution in [2.45, 2.75) is 39.2 Å². The molecular weight excluding hydrogens is 164 g/mol. The lowest BCUT2D eigenvalue weighted by atomic mass is 9.81. The molecule has 3 atom stereocenters. The molecule has 3 unspecified atom stereocenters. The number of nitrogens with one attached hydrogen (secondary N) is 1. The third-order valence-electron chi connectivity index (χ3n) is 2.60. The van der Waals surface area contributed by atoms with E-state index in [9.17, 15) is 4.79 Å². The molecule has 1 saturated heterocycles. The quantitative estimate of drug-likeness (QED) is 0.699. The first-order chi connectivity index (χ1) is 6.19. The van der Waals surface area contributed by atoms with Gasteiger partial charge in [-0.3, -0.25) is 4.79 Å². The number of nitriles is 1. The zero-order valence-electron chi connectivity index (χ0n) is 8.21. The minimum absolute atomic E-state index is 0.0836. The summed E-state index contributed by atoms with van der Waals surface area (Å²) in [6.45, 7) is 4.08. The Labute approximate surface area is 79.1 Å². The minimum atomic E-state index is -0.420. The predicted molar refractivity (Wildman–Crippen MR) is 49.7 cm³/mol. The molecule has 0 spiro atoms. The minimum Gasteiger partial charge on any atom is -0.352 e. The second-order valence-corrected chi connectivity index (χ2v) is 3.80. The van der Waals surface area contributed by atoms with E-state index in [1.165, 1.54) is 0 Å². The molecule has 72 valence electrons. The number of hydrogen-bond donors (Lipinski definition) is 1. The Hall–Kier alpha value is -1.04. The van der Waals surface area contributed by atoms with Gasteiger partial charge in [-0.15, -0.1) is 0 Å². The molecule has 3 heteroatoms. The fourth-order valence-corrected chi connectivity index (χ4v) is 2.02. The lowest BCUT2D eigenvalue weighted by molar-refractivity contribution is -0.127. The van der Waals surface area contributed by atoms with Crippen molar-refractivity contribution in [2.75, 3.05) is 0 Å². The smallest absolute Gasteiger partial charge is 0.237 e. The average Bonchev–Trinajstić information content (AvgIpc) is 2.04. The van der Waals surface area contributed by atoms with Crippen molar-refractivity contribution in [2.24, 2.45) is 11.8 Å². The van der Waals surface area contributed by atoms with E-state index in [4.69, 9.17) is 5.26 Å². The number of nitrogens with zero attached hydrogens (tertiary/aromatic N) is 1. The highest BCUT2D eigenvalue weighted by molar-refractivity contribution is 5.82. The molecule has 0 aromatic rings. The van der Waals surface area contributed by atoms with Gasteiger partial charge in [0.2, 0.25) is 5.91 Å². The van der Waals surface area contributed by atoms with Crippen LogP contribution in [0.4, 0.5) is 0 Å². The third kappa shape index (κ3) is 2.21. The molecule has 1 aliphatic heterocycles. The molecule has 1 aliphatic rings. The summed E-state index contributed by atoms with van der Waals surface area (Å²) in [6, 6.07) is 2.33. The van der Waals surface area contributed by atoms with Gasteiger partial charge >= 0.3 is 0 Å². The van der Waals surface area contributed by atoms with Gasteiger partial charge in [-0.1, -0.05) is 13.3 Å². The van der Waals surface area contributed by atoms with Crippen LogP contribution < -0.4 is 5.32 Å². The maximum atomic E-state index is 11.4. The largest absolute Gasteiger partial charge is 0.352 e. The van der Waals surface area contributed by atoms with E-state index in [0.717, 1.165) is 19.3 Å². The van der Waals surface area contributed by atoms with Crippen LogP contribution in [0.5, 0.6) is 0 Å². The summed E-state index contributed by atoms with van der Waals surface area (Å²) < 4.78 is 0. The molecular formula is C10H16N2O. The molecule has 0 aliphatic carbocycles. The highest BCUT2D eigenvalue weighted by atomic mass is 16.2. The summed E-state index contributed by atoms with van der Waals surface area (Å²) in [5.74, 6) is -0.241.